The van der Waals surface area contributed by atoms with Crippen molar-refractivity contribution < 1.29 is 0 Å². The molecule has 1 fully saturated rings. The first-order chi connectivity index (χ1) is 7.83. The van der Waals surface area contributed by atoms with Gasteiger partial charge in [-0.05, 0) is 31.4 Å². The van der Waals surface area contributed by atoms with Gasteiger partial charge in [0.15, 0.2) is 0 Å². The summed E-state index contributed by atoms with van der Waals surface area (Å²) in [6, 6.07) is 7.05. The summed E-state index contributed by atoms with van der Waals surface area (Å²) in [6.45, 7) is 0. The molecule has 1 aliphatic carbocycles. The molecule has 4 N–H and O–H groups in total. The third kappa shape index (κ3) is 1.65. The predicted octanol–water partition coefficient (Wildman–Crippen LogP) is 1.85. The highest BCUT2D eigenvalue weighted by molar-refractivity contribution is 5.90. The molecule has 1 aromatic heterocycles. The monoisotopic (exact) mass is 216 g/mol. The molecule has 2 atom stereocenters. The second kappa shape index (κ2) is 3.79. The molecule has 2 unspecified atom stereocenters. The number of nitrogens with zero attached hydrogens (tertiary/aromatic N) is 1. The minimum absolute atomic E-state index is 0.362. The lowest BCUT2D eigenvalue weighted by molar-refractivity contribution is 0.688. The minimum atomic E-state index is 0.362. The Kier molecular flexibility index (Phi) is 2.29. The topological polar surface area (TPSA) is 66.7 Å². The van der Waals surface area contributed by atoms with Gasteiger partial charge in [0.25, 0.3) is 0 Å². The largest absolute Gasteiger partial charge is 0.382 e. The Morgan fingerprint density at radius 3 is 3.12 bits per heavy atom. The van der Waals surface area contributed by atoms with Gasteiger partial charge in [0.2, 0.25) is 0 Å². The zero-order valence-electron chi connectivity index (χ0n) is 9.11. The van der Waals surface area contributed by atoms with Gasteiger partial charge in [0.1, 0.15) is 0 Å². The van der Waals surface area contributed by atoms with Crippen molar-refractivity contribution in [3.05, 3.63) is 24.4 Å². The van der Waals surface area contributed by atoms with Crippen molar-refractivity contribution in [2.24, 2.45) is 5.73 Å². The molecule has 84 valence electrons. The Morgan fingerprint density at radius 2 is 2.31 bits per heavy atom. The number of nitrogens with two attached hydrogens (primary N) is 1. The number of nitrogens with one attached hydrogen (secondary N) is 2. The van der Waals surface area contributed by atoms with Gasteiger partial charge < -0.3 is 11.1 Å². The van der Waals surface area contributed by atoms with E-state index in [1.807, 2.05) is 18.3 Å². The predicted molar refractivity (Wildman–Crippen MR) is 65.3 cm³/mol. The van der Waals surface area contributed by atoms with E-state index in [0.29, 0.717) is 12.1 Å². The van der Waals surface area contributed by atoms with E-state index in [2.05, 4.69) is 21.6 Å². The Hall–Kier alpha value is -1.55. The fraction of sp³-hybridized carbons (Fsp3) is 0.417. The Labute approximate surface area is 94.2 Å². The van der Waals surface area contributed by atoms with Crippen molar-refractivity contribution in [1.82, 2.24) is 10.2 Å². The molecule has 1 saturated carbocycles. The highest BCUT2D eigenvalue weighted by Gasteiger charge is 2.21. The normalized spacial score (nSPS) is 25.1. The van der Waals surface area contributed by atoms with Gasteiger partial charge >= 0.3 is 0 Å². The van der Waals surface area contributed by atoms with E-state index in [4.69, 9.17) is 5.73 Å². The zero-order valence-corrected chi connectivity index (χ0v) is 9.11. The molecule has 1 aromatic carbocycles. The van der Waals surface area contributed by atoms with Crippen LogP contribution in [0.4, 0.5) is 5.69 Å². The van der Waals surface area contributed by atoms with Crippen molar-refractivity contribution in [1.29, 1.82) is 0 Å². The fourth-order valence-corrected chi connectivity index (χ4v) is 2.46. The molecule has 4 heteroatoms. The molecule has 4 nitrogen and oxygen atoms in total. The van der Waals surface area contributed by atoms with Crippen LogP contribution in [0.25, 0.3) is 10.9 Å². The SMILES string of the molecule is NC1CCC(Nc2cccc3[nH]ncc23)C1. The number of H-pyrrole nitrogens is 1. The molecular formula is C12H16N4. The number of aromatic amines is 1. The summed E-state index contributed by atoms with van der Waals surface area (Å²) < 4.78 is 0. The lowest BCUT2D eigenvalue weighted by Crippen LogP contribution is -2.20. The number of hydrogen-bond acceptors (Lipinski definition) is 3. The van der Waals surface area contributed by atoms with Crippen LogP contribution in [-0.2, 0) is 0 Å². The maximum absolute atomic E-state index is 5.91. The van der Waals surface area contributed by atoms with Crippen LogP contribution in [0.15, 0.2) is 24.4 Å². The summed E-state index contributed by atoms with van der Waals surface area (Å²) in [5, 5.41) is 11.8. The first-order valence-electron chi connectivity index (χ1n) is 5.77. The van der Waals surface area contributed by atoms with Crippen LogP contribution >= 0.6 is 0 Å². The summed E-state index contributed by atoms with van der Waals surface area (Å²) >= 11 is 0. The lowest BCUT2D eigenvalue weighted by Gasteiger charge is -2.14. The van der Waals surface area contributed by atoms with E-state index in [0.717, 1.165) is 35.9 Å². The second-order valence-corrected chi connectivity index (χ2v) is 4.55. The van der Waals surface area contributed by atoms with Crippen LogP contribution in [0.5, 0.6) is 0 Å². The van der Waals surface area contributed by atoms with Crippen LogP contribution in [0.1, 0.15) is 19.3 Å². The van der Waals surface area contributed by atoms with Crippen molar-refractivity contribution in [3.8, 4) is 0 Å². The molecule has 3 rings (SSSR count). The Bertz CT molecular complexity index is 490. The molecule has 0 amide bonds. The van der Waals surface area contributed by atoms with Crippen LogP contribution in [-0.4, -0.2) is 22.3 Å². The van der Waals surface area contributed by atoms with Crippen molar-refractivity contribution in [2.75, 3.05) is 5.32 Å². The quantitative estimate of drug-likeness (QED) is 0.717. The molecule has 16 heavy (non-hydrogen) atoms. The summed E-state index contributed by atoms with van der Waals surface area (Å²) in [5.41, 5.74) is 8.15. The molecule has 0 bridgehead atoms. The van der Waals surface area contributed by atoms with Crippen LogP contribution in [0.3, 0.4) is 0 Å². The summed E-state index contributed by atoms with van der Waals surface area (Å²) in [5.74, 6) is 0. The summed E-state index contributed by atoms with van der Waals surface area (Å²) in [6.07, 6.45) is 5.22. The van der Waals surface area contributed by atoms with Crippen molar-refractivity contribution in [3.63, 3.8) is 0 Å². The van der Waals surface area contributed by atoms with Crippen molar-refractivity contribution >= 4 is 16.6 Å². The van der Waals surface area contributed by atoms with Gasteiger partial charge in [-0.15, -0.1) is 0 Å². The lowest BCUT2D eigenvalue weighted by atomic mass is 10.2. The van der Waals surface area contributed by atoms with E-state index in [1.54, 1.807) is 0 Å². The zero-order chi connectivity index (χ0) is 11.0. The number of hydrogen-bond donors (Lipinski definition) is 3. The molecule has 0 aliphatic heterocycles. The molecule has 0 saturated heterocycles. The molecule has 0 radical (unpaired) electrons. The van der Waals surface area contributed by atoms with Crippen molar-refractivity contribution in [2.45, 2.75) is 31.3 Å². The van der Waals surface area contributed by atoms with Crippen LogP contribution in [0, 0.1) is 0 Å². The van der Waals surface area contributed by atoms with Crippen LogP contribution < -0.4 is 11.1 Å². The Balaban J connectivity index is 1.86. The standard InChI is InChI=1S/C12H16N4/c13-8-4-5-9(6-8)15-11-2-1-3-12-10(11)7-14-16-12/h1-3,7-9,15H,4-6,13H2,(H,14,16). The minimum Gasteiger partial charge on any atom is -0.382 e. The third-order valence-corrected chi connectivity index (χ3v) is 3.32. The number of aromatic nitrogens is 2. The molecular weight excluding hydrogens is 200 g/mol. The maximum atomic E-state index is 5.91. The van der Waals surface area contributed by atoms with Gasteiger partial charge in [0, 0.05) is 23.2 Å². The highest BCUT2D eigenvalue weighted by Crippen LogP contribution is 2.26. The average Bonchev–Trinajstić information content (AvgIpc) is 2.87. The van der Waals surface area contributed by atoms with Gasteiger partial charge in [-0.25, -0.2) is 0 Å². The van der Waals surface area contributed by atoms with E-state index < -0.39 is 0 Å². The first kappa shape index (κ1) is 9.66. The average molecular weight is 216 g/mol. The van der Waals surface area contributed by atoms with E-state index in [1.165, 1.54) is 0 Å². The van der Waals surface area contributed by atoms with Gasteiger partial charge in [-0.2, -0.15) is 5.10 Å². The molecule has 1 heterocycles. The van der Waals surface area contributed by atoms with Gasteiger partial charge in [-0.1, -0.05) is 6.07 Å². The third-order valence-electron chi connectivity index (χ3n) is 3.32. The maximum Gasteiger partial charge on any atom is 0.0671 e. The molecule has 1 aliphatic rings. The number of rotatable bonds is 2. The molecule has 2 aromatic rings. The fourth-order valence-electron chi connectivity index (χ4n) is 2.46. The van der Waals surface area contributed by atoms with E-state index >= 15 is 0 Å². The number of anilines is 1. The van der Waals surface area contributed by atoms with E-state index in [-0.39, 0.29) is 0 Å². The highest BCUT2D eigenvalue weighted by atomic mass is 15.1. The van der Waals surface area contributed by atoms with Gasteiger partial charge in [0.05, 0.1) is 11.7 Å². The van der Waals surface area contributed by atoms with Crippen LogP contribution in [0.2, 0.25) is 0 Å². The first-order valence-corrected chi connectivity index (χ1v) is 5.77. The molecule has 0 spiro atoms. The summed E-state index contributed by atoms with van der Waals surface area (Å²) in [7, 11) is 0. The van der Waals surface area contributed by atoms with E-state index in [9.17, 15) is 0 Å². The van der Waals surface area contributed by atoms with Gasteiger partial charge in [-0.3, -0.25) is 5.10 Å². The summed E-state index contributed by atoms with van der Waals surface area (Å²) in [4.78, 5) is 0. The number of benzene rings is 1. The smallest absolute Gasteiger partial charge is 0.0671 e. The second-order valence-electron chi connectivity index (χ2n) is 4.55. The Morgan fingerprint density at radius 1 is 1.38 bits per heavy atom. The number of fused-ring (bicyclic) bond motifs is 1.